The number of rotatable bonds is 9. The van der Waals surface area contributed by atoms with Crippen LogP contribution in [0.1, 0.15) is 57.4 Å². The molecular weight excluding hydrogens is 416 g/mol. The summed E-state index contributed by atoms with van der Waals surface area (Å²) in [6.07, 6.45) is 7.84. The number of aryl methyl sites for hydroxylation is 3. The lowest BCUT2D eigenvalue weighted by molar-refractivity contribution is 0.456. The van der Waals surface area contributed by atoms with E-state index in [4.69, 9.17) is 10.7 Å². The lowest BCUT2D eigenvalue weighted by Gasteiger charge is -2.34. The second kappa shape index (κ2) is 10.4. The molecular formula is C25H36N6O2. The van der Waals surface area contributed by atoms with Gasteiger partial charge in [0.15, 0.2) is 11.2 Å². The van der Waals surface area contributed by atoms with Crippen LogP contribution in [0.4, 0.5) is 5.95 Å². The van der Waals surface area contributed by atoms with Crippen LogP contribution in [0.15, 0.2) is 39.9 Å². The van der Waals surface area contributed by atoms with Gasteiger partial charge in [-0.05, 0) is 37.7 Å². The number of anilines is 1. The summed E-state index contributed by atoms with van der Waals surface area (Å²) in [6.45, 7) is 4.13. The summed E-state index contributed by atoms with van der Waals surface area (Å²) in [5.41, 5.74) is 8.06. The summed E-state index contributed by atoms with van der Waals surface area (Å²) < 4.78 is 4.91. The van der Waals surface area contributed by atoms with Gasteiger partial charge in [-0.1, -0.05) is 56.5 Å². The summed E-state index contributed by atoms with van der Waals surface area (Å²) in [5.74, 6) is 0.707. The molecule has 1 aliphatic heterocycles. The number of benzene rings is 1. The average molecular weight is 453 g/mol. The monoisotopic (exact) mass is 452 g/mol. The molecule has 2 aromatic heterocycles. The van der Waals surface area contributed by atoms with Crippen molar-refractivity contribution in [1.29, 1.82) is 0 Å². The number of fused-ring (bicyclic) bond motifs is 1. The molecule has 0 radical (unpaired) electrons. The Hall–Kier alpha value is -2.87. The van der Waals surface area contributed by atoms with Gasteiger partial charge in [0.05, 0.1) is 6.17 Å². The van der Waals surface area contributed by atoms with Crippen LogP contribution in [0, 0.1) is 0 Å². The first-order valence-electron chi connectivity index (χ1n) is 12.3. The summed E-state index contributed by atoms with van der Waals surface area (Å²) in [7, 11) is 1.56. The minimum atomic E-state index is -0.300. The number of piperidine rings is 1. The maximum Gasteiger partial charge on any atom is 0.332 e. The SMILES string of the molecule is CCCCCCn1c(=O)n(C)c(=O)c2c1nc(N1CCCCC1N)n2CCc1ccccc1. The highest BCUT2D eigenvalue weighted by Gasteiger charge is 2.27. The Balaban J connectivity index is 1.83. The topological polar surface area (TPSA) is 91.1 Å². The number of imidazole rings is 1. The Kier molecular flexibility index (Phi) is 7.33. The third-order valence-corrected chi connectivity index (χ3v) is 6.72. The lowest BCUT2D eigenvalue weighted by atomic mass is 10.1. The minimum absolute atomic E-state index is 0.139. The molecule has 2 N–H and O–H groups in total. The van der Waals surface area contributed by atoms with Gasteiger partial charge in [0.25, 0.3) is 5.56 Å². The van der Waals surface area contributed by atoms with Gasteiger partial charge >= 0.3 is 5.69 Å². The first-order valence-corrected chi connectivity index (χ1v) is 12.3. The molecule has 1 unspecified atom stereocenters. The van der Waals surface area contributed by atoms with E-state index in [1.54, 1.807) is 11.6 Å². The molecule has 1 aliphatic rings. The molecule has 1 fully saturated rings. The quantitative estimate of drug-likeness (QED) is 0.504. The first kappa shape index (κ1) is 23.3. The summed E-state index contributed by atoms with van der Waals surface area (Å²) >= 11 is 0. The molecule has 0 saturated carbocycles. The van der Waals surface area contributed by atoms with Crippen molar-refractivity contribution in [1.82, 2.24) is 18.7 Å². The van der Waals surface area contributed by atoms with Crippen LogP contribution < -0.4 is 21.9 Å². The van der Waals surface area contributed by atoms with Crippen molar-refractivity contribution in [3.63, 3.8) is 0 Å². The van der Waals surface area contributed by atoms with Crippen LogP contribution in [0.5, 0.6) is 0 Å². The molecule has 33 heavy (non-hydrogen) atoms. The second-order valence-corrected chi connectivity index (χ2v) is 9.09. The highest BCUT2D eigenvalue weighted by atomic mass is 16.2. The number of aromatic nitrogens is 4. The van der Waals surface area contributed by atoms with Crippen molar-refractivity contribution in [3.05, 3.63) is 56.7 Å². The van der Waals surface area contributed by atoms with Crippen LogP contribution >= 0.6 is 0 Å². The standard InChI is InChI=1S/C25H36N6O2/c1-3-4-5-10-17-31-22-21(23(32)28(2)25(31)33)30(18-15-19-12-7-6-8-13-19)24(27-22)29-16-11-9-14-20(29)26/h6-8,12-13,20H,3-5,9-11,14-18,26H2,1-2H3. The van der Waals surface area contributed by atoms with Crippen molar-refractivity contribution < 1.29 is 0 Å². The van der Waals surface area contributed by atoms with Crippen LogP contribution in [0.3, 0.4) is 0 Å². The van der Waals surface area contributed by atoms with Crippen molar-refractivity contribution in [3.8, 4) is 0 Å². The van der Waals surface area contributed by atoms with Gasteiger partial charge in [-0.15, -0.1) is 0 Å². The van der Waals surface area contributed by atoms with E-state index in [9.17, 15) is 9.59 Å². The first-order chi connectivity index (χ1) is 16.0. The lowest BCUT2D eigenvalue weighted by Crippen LogP contribution is -2.47. The van der Waals surface area contributed by atoms with Crippen LogP contribution in [0.25, 0.3) is 11.2 Å². The minimum Gasteiger partial charge on any atom is -0.327 e. The smallest absolute Gasteiger partial charge is 0.327 e. The molecule has 0 bridgehead atoms. The number of hydrogen-bond acceptors (Lipinski definition) is 5. The van der Waals surface area contributed by atoms with Gasteiger partial charge < -0.3 is 15.2 Å². The van der Waals surface area contributed by atoms with E-state index in [0.29, 0.717) is 30.2 Å². The zero-order valence-electron chi connectivity index (χ0n) is 19.9. The van der Waals surface area contributed by atoms with Crippen molar-refractivity contribution >= 4 is 17.1 Å². The molecule has 1 saturated heterocycles. The van der Waals surface area contributed by atoms with Crippen molar-refractivity contribution in [2.45, 2.75) is 77.5 Å². The molecule has 8 heteroatoms. The van der Waals surface area contributed by atoms with Crippen LogP contribution in [-0.4, -0.2) is 31.4 Å². The van der Waals surface area contributed by atoms with Crippen LogP contribution in [-0.2, 0) is 26.6 Å². The second-order valence-electron chi connectivity index (χ2n) is 9.09. The fourth-order valence-corrected chi connectivity index (χ4v) is 4.77. The van der Waals surface area contributed by atoms with E-state index < -0.39 is 0 Å². The maximum absolute atomic E-state index is 13.3. The Labute approximate surface area is 194 Å². The molecule has 0 spiro atoms. The van der Waals surface area contributed by atoms with Crippen LogP contribution in [0.2, 0.25) is 0 Å². The number of unbranched alkanes of at least 4 members (excludes halogenated alkanes) is 3. The van der Waals surface area contributed by atoms with Crippen molar-refractivity contribution in [2.24, 2.45) is 12.8 Å². The molecule has 3 aromatic rings. The Morgan fingerprint density at radius 1 is 1.03 bits per heavy atom. The van der Waals surface area contributed by atoms with Gasteiger partial charge in [0.1, 0.15) is 0 Å². The molecule has 1 aromatic carbocycles. The Morgan fingerprint density at radius 3 is 2.55 bits per heavy atom. The predicted octanol–water partition coefficient (Wildman–Crippen LogP) is 2.99. The third-order valence-electron chi connectivity index (χ3n) is 6.72. The van der Waals surface area contributed by atoms with Gasteiger partial charge in [0, 0.05) is 26.7 Å². The maximum atomic E-state index is 13.3. The van der Waals surface area contributed by atoms with Gasteiger partial charge in [-0.2, -0.15) is 4.98 Å². The summed E-state index contributed by atoms with van der Waals surface area (Å²) in [4.78, 5) is 33.4. The van der Waals surface area contributed by atoms with E-state index in [-0.39, 0.29) is 17.4 Å². The Morgan fingerprint density at radius 2 is 1.82 bits per heavy atom. The fourth-order valence-electron chi connectivity index (χ4n) is 4.77. The van der Waals surface area contributed by atoms with E-state index >= 15 is 0 Å². The number of nitrogens with zero attached hydrogens (tertiary/aromatic N) is 5. The molecule has 1 atom stereocenters. The zero-order chi connectivity index (χ0) is 23.4. The zero-order valence-corrected chi connectivity index (χ0v) is 19.9. The average Bonchev–Trinajstić information content (AvgIpc) is 3.21. The molecule has 3 heterocycles. The molecule has 4 rings (SSSR count). The molecule has 8 nitrogen and oxygen atoms in total. The van der Waals surface area contributed by atoms with E-state index in [1.165, 1.54) is 10.1 Å². The molecule has 178 valence electrons. The van der Waals surface area contributed by atoms with Gasteiger partial charge in [-0.25, -0.2) is 4.79 Å². The fraction of sp³-hybridized carbons (Fsp3) is 0.560. The number of nitrogens with two attached hydrogens (primary N) is 1. The largest absolute Gasteiger partial charge is 0.332 e. The summed E-state index contributed by atoms with van der Waals surface area (Å²) in [5, 5.41) is 0. The van der Waals surface area contributed by atoms with E-state index in [1.807, 2.05) is 22.8 Å². The molecule has 0 aliphatic carbocycles. The Bertz CT molecular complexity index is 1190. The molecule has 0 amide bonds. The van der Waals surface area contributed by atoms with Crippen molar-refractivity contribution in [2.75, 3.05) is 11.4 Å². The highest BCUT2D eigenvalue weighted by Crippen LogP contribution is 2.26. The number of hydrogen-bond donors (Lipinski definition) is 1. The third kappa shape index (κ3) is 4.76. The highest BCUT2D eigenvalue weighted by molar-refractivity contribution is 5.74. The van der Waals surface area contributed by atoms with E-state index in [0.717, 1.165) is 57.9 Å². The van der Waals surface area contributed by atoms with Gasteiger partial charge in [0.2, 0.25) is 5.95 Å². The summed E-state index contributed by atoms with van der Waals surface area (Å²) in [6, 6.07) is 10.2. The predicted molar refractivity (Wildman–Crippen MR) is 133 cm³/mol. The van der Waals surface area contributed by atoms with E-state index in [2.05, 4.69) is 24.0 Å². The normalized spacial score (nSPS) is 16.6. The van der Waals surface area contributed by atoms with Gasteiger partial charge in [-0.3, -0.25) is 13.9 Å².